The molecule has 5 nitrogen and oxygen atoms in total. The summed E-state index contributed by atoms with van der Waals surface area (Å²) in [5.41, 5.74) is -1.73. The number of halogens is 2. The van der Waals surface area contributed by atoms with Gasteiger partial charge >= 0.3 is 0 Å². The van der Waals surface area contributed by atoms with Gasteiger partial charge in [-0.1, -0.05) is 12.1 Å². The number of nitrogens with zero attached hydrogens (tertiary/aromatic N) is 3. The van der Waals surface area contributed by atoms with Crippen LogP contribution in [-0.2, 0) is 11.3 Å². The van der Waals surface area contributed by atoms with Crippen molar-refractivity contribution in [2.45, 2.75) is 83.3 Å². The van der Waals surface area contributed by atoms with Crippen LogP contribution >= 0.6 is 0 Å². The minimum Gasteiger partial charge on any atom is -0.384 e. The van der Waals surface area contributed by atoms with Crippen molar-refractivity contribution in [1.82, 2.24) is 15.0 Å². The molecule has 1 N–H and O–H groups in total. The summed E-state index contributed by atoms with van der Waals surface area (Å²) >= 11 is 0. The Kier molecular flexibility index (Phi) is 5.03. The number of carbonyl (C=O) groups is 1. The minimum absolute atomic E-state index is 0.0457. The maximum Gasteiger partial charge on any atom is 0.266 e. The number of Topliss-reactive ketones (excluding diaryl/α,β-unsaturated/α-hetero) is 1. The fraction of sp³-hybridized carbons (Fsp3) is 0.870. The molecule has 4 aliphatic rings. The first-order valence-electron chi connectivity index (χ1n) is 11.7. The summed E-state index contributed by atoms with van der Waals surface area (Å²) in [5, 5.41) is 18.1. The van der Waals surface area contributed by atoms with E-state index in [4.69, 9.17) is 0 Å². The zero-order valence-electron chi connectivity index (χ0n) is 17.7. The maximum absolute atomic E-state index is 13.4. The number of rotatable bonds is 4. The Morgan fingerprint density at radius 3 is 2.67 bits per heavy atom. The second-order valence-electron chi connectivity index (χ2n) is 10.8. The Hall–Kier alpha value is -1.37. The fourth-order valence-corrected chi connectivity index (χ4v) is 8.22. The summed E-state index contributed by atoms with van der Waals surface area (Å²) in [6.07, 6.45) is 8.15. The topological polar surface area (TPSA) is 68.0 Å². The first kappa shape index (κ1) is 20.5. The van der Waals surface area contributed by atoms with Gasteiger partial charge in [-0.15, -0.1) is 5.10 Å². The molecule has 3 unspecified atom stereocenters. The largest absolute Gasteiger partial charge is 0.384 e. The van der Waals surface area contributed by atoms with Crippen LogP contribution in [-0.4, -0.2) is 37.9 Å². The molecule has 4 aliphatic carbocycles. The highest BCUT2D eigenvalue weighted by Crippen LogP contribution is 2.64. The van der Waals surface area contributed by atoms with Crippen LogP contribution in [0.15, 0.2) is 12.4 Å². The third kappa shape index (κ3) is 3.14. The van der Waals surface area contributed by atoms with Gasteiger partial charge in [-0.05, 0) is 92.8 Å². The smallest absolute Gasteiger partial charge is 0.266 e. The molecular weight excluding hydrogens is 388 g/mol. The first-order chi connectivity index (χ1) is 14.3. The molecule has 0 bridgehead atoms. The van der Waals surface area contributed by atoms with E-state index in [1.807, 2.05) is 0 Å². The average Bonchev–Trinajstić information content (AvgIpc) is 3.34. The van der Waals surface area contributed by atoms with Gasteiger partial charge in [-0.2, -0.15) is 0 Å². The Balaban J connectivity index is 1.30. The summed E-state index contributed by atoms with van der Waals surface area (Å²) in [5.74, 6) is 2.79. The van der Waals surface area contributed by atoms with Crippen LogP contribution in [0.3, 0.4) is 0 Å². The molecule has 4 saturated carbocycles. The molecule has 4 fully saturated rings. The number of aromatic nitrogens is 3. The predicted molar refractivity (Wildman–Crippen MR) is 107 cm³/mol. The number of aliphatic hydroxyl groups is 1. The van der Waals surface area contributed by atoms with Gasteiger partial charge in [-0.3, -0.25) is 4.79 Å². The Morgan fingerprint density at radius 1 is 1.13 bits per heavy atom. The quantitative estimate of drug-likeness (QED) is 0.794. The molecule has 0 aromatic carbocycles. The van der Waals surface area contributed by atoms with Crippen LogP contribution in [0.2, 0.25) is 0 Å². The number of hydrogen-bond acceptors (Lipinski definition) is 4. The van der Waals surface area contributed by atoms with E-state index in [9.17, 15) is 18.7 Å². The van der Waals surface area contributed by atoms with Crippen molar-refractivity contribution in [3.63, 3.8) is 0 Å². The summed E-state index contributed by atoms with van der Waals surface area (Å²) in [6.45, 7) is 2.63. The molecule has 166 valence electrons. The van der Waals surface area contributed by atoms with Crippen LogP contribution in [0, 0.1) is 40.9 Å². The second-order valence-corrected chi connectivity index (χ2v) is 10.8. The highest BCUT2D eigenvalue weighted by Gasteiger charge is 2.59. The summed E-state index contributed by atoms with van der Waals surface area (Å²) < 4.78 is 28.4. The lowest BCUT2D eigenvalue weighted by atomic mass is 9.49. The van der Waals surface area contributed by atoms with Crippen LogP contribution in [0.25, 0.3) is 0 Å². The van der Waals surface area contributed by atoms with Gasteiger partial charge in [0.1, 0.15) is 12.1 Å². The first-order valence-corrected chi connectivity index (χ1v) is 11.7. The van der Waals surface area contributed by atoms with Gasteiger partial charge in [0.2, 0.25) is 0 Å². The van der Waals surface area contributed by atoms with E-state index < -0.39 is 12.0 Å². The van der Waals surface area contributed by atoms with E-state index in [1.165, 1.54) is 0 Å². The zero-order valence-corrected chi connectivity index (χ0v) is 17.7. The predicted octanol–water partition coefficient (Wildman–Crippen LogP) is 4.11. The van der Waals surface area contributed by atoms with E-state index in [1.54, 1.807) is 17.1 Å². The minimum atomic E-state index is -2.64. The lowest BCUT2D eigenvalue weighted by Gasteiger charge is -2.57. The van der Waals surface area contributed by atoms with E-state index >= 15 is 0 Å². The summed E-state index contributed by atoms with van der Waals surface area (Å²) in [7, 11) is 0. The number of ketones is 1. The van der Waals surface area contributed by atoms with E-state index in [-0.39, 0.29) is 35.9 Å². The highest BCUT2D eigenvalue weighted by atomic mass is 19.3. The summed E-state index contributed by atoms with van der Waals surface area (Å²) in [4.78, 5) is 13.1. The standard InChI is InChI=1S/C23H33F2N3O2/c1-22-8-6-16-15-7-9-23(30,21(24)25)12-14(15)2-3-17(16)18(22)4-5-19(22)20(29)13-28-11-10-26-27-28/h10-11,14-19,21,30H,2-9,12-13H2,1H3/t14-,15+,16?,17?,18?,19-,22+,23-/m1/s1. The fourth-order valence-electron chi connectivity index (χ4n) is 8.22. The Bertz CT molecular complexity index is 787. The lowest BCUT2D eigenvalue weighted by molar-refractivity contribution is -0.160. The SMILES string of the molecule is C[C@]12CCC3C(CC[C@@H]4C[C@@](O)(C(F)F)CC[C@H]34)C1CC[C@@H]2C(=O)Cn1ccnn1. The number of hydrogen-bond donors (Lipinski definition) is 1. The van der Waals surface area contributed by atoms with Gasteiger partial charge in [0.05, 0.1) is 6.20 Å². The molecule has 0 radical (unpaired) electrons. The van der Waals surface area contributed by atoms with Crippen LogP contribution in [0.5, 0.6) is 0 Å². The molecule has 1 heterocycles. The van der Waals surface area contributed by atoms with E-state index in [0.29, 0.717) is 30.2 Å². The molecule has 1 aromatic rings. The van der Waals surface area contributed by atoms with Crippen molar-refractivity contribution in [3.05, 3.63) is 12.4 Å². The molecule has 30 heavy (non-hydrogen) atoms. The molecule has 0 spiro atoms. The van der Waals surface area contributed by atoms with E-state index in [2.05, 4.69) is 17.2 Å². The molecule has 5 rings (SSSR count). The molecular formula is C23H33F2N3O2. The van der Waals surface area contributed by atoms with Crippen LogP contribution in [0.1, 0.15) is 64.7 Å². The van der Waals surface area contributed by atoms with Gasteiger partial charge in [0, 0.05) is 12.1 Å². The monoisotopic (exact) mass is 421 g/mol. The van der Waals surface area contributed by atoms with Crippen molar-refractivity contribution in [2.24, 2.45) is 40.9 Å². The Morgan fingerprint density at radius 2 is 1.93 bits per heavy atom. The van der Waals surface area contributed by atoms with Crippen molar-refractivity contribution in [2.75, 3.05) is 0 Å². The highest BCUT2D eigenvalue weighted by molar-refractivity contribution is 5.82. The lowest BCUT2D eigenvalue weighted by Crippen LogP contribution is -2.53. The van der Waals surface area contributed by atoms with Gasteiger partial charge in [0.15, 0.2) is 5.78 Å². The van der Waals surface area contributed by atoms with Gasteiger partial charge in [-0.25, -0.2) is 13.5 Å². The molecule has 0 amide bonds. The van der Waals surface area contributed by atoms with Gasteiger partial charge in [0.25, 0.3) is 6.43 Å². The molecule has 8 atom stereocenters. The van der Waals surface area contributed by atoms with Crippen molar-refractivity contribution in [3.8, 4) is 0 Å². The normalized spacial score (nSPS) is 45.6. The zero-order chi connectivity index (χ0) is 21.1. The molecule has 0 aliphatic heterocycles. The molecule has 7 heteroatoms. The maximum atomic E-state index is 13.4. The third-order valence-corrected chi connectivity index (χ3v) is 9.63. The van der Waals surface area contributed by atoms with Crippen molar-refractivity contribution < 1.29 is 18.7 Å². The molecule has 0 saturated heterocycles. The van der Waals surface area contributed by atoms with Crippen molar-refractivity contribution in [1.29, 1.82) is 0 Å². The number of alkyl halides is 2. The average molecular weight is 422 g/mol. The third-order valence-electron chi connectivity index (χ3n) is 9.63. The van der Waals surface area contributed by atoms with Crippen LogP contribution in [0.4, 0.5) is 8.78 Å². The van der Waals surface area contributed by atoms with E-state index in [0.717, 1.165) is 44.9 Å². The Labute approximate surface area is 176 Å². The molecule has 1 aromatic heterocycles. The number of fused-ring (bicyclic) bond motifs is 5. The second kappa shape index (κ2) is 7.35. The van der Waals surface area contributed by atoms with Crippen molar-refractivity contribution >= 4 is 5.78 Å². The summed E-state index contributed by atoms with van der Waals surface area (Å²) in [6, 6.07) is 0. The number of carbonyl (C=O) groups excluding carboxylic acids is 1. The van der Waals surface area contributed by atoms with Crippen LogP contribution < -0.4 is 0 Å². The van der Waals surface area contributed by atoms with Gasteiger partial charge < -0.3 is 5.11 Å².